The number of allylic oxidation sites excluding steroid dienone is 1. The standard InChI is InChI=1S/C12H14ClNO/c1-3-14-12(9(2)15)8-10-6-4-5-7-11(10)13/h4-8,14H,3H2,1-2H3/b12-8-. The van der Waals surface area contributed by atoms with Crippen molar-refractivity contribution in [1.82, 2.24) is 5.32 Å². The van der Waals surface area contributed by atoms with Crippen LogP contribution in [0.15, 0.2) is 30.0 Å². The van der Waals surface area contributed by atoms with Crippen LogP contribution in [0.3, 0.4) is 0 Å². The van der Waals surface area contributed by atoms with Crippen molar-refractivity contribution in [3.05, 3.63) is 40.5 Å². The minimum atomic E-state index is 0.0109. The maximum Gasteiger partial charge on any atom is 0.175 e. The minimum Gasteiger partial charge on any atom is -0.382 e. The van der Waals surface area contributed by atoms with E-state index in [0.29, 0.717) is 10.7 Å². The second kappa shape index (κ2) is 5.56. The Kier molecular flexibility index (Phi) is 4.37. The summed E-state index contributed by atoms with van der Waals surface area (Å²) in [6.45, 7) is 4.20. The lowest BCUT2D eigenvalue weighted by Gasteiger charge is -2.05. The zero-order chi connectivity index (χ0) is 11.3. The van der Waals surface area contributed by atoms with Crippen molar-refractivity contribution in [1.29, 1.82) is 0 Å². The van der Waals surface area contributed by atoms with Gasteiger partial charge in [0.05, 0.1) is 5.70 Å². The quantitative estimate of drug-likeness (QED) is 0.796. The molecule has 1 aromatic carbocycles. The number of benzene rings is 1. The number of hydrogen-bond acceptors (Lipinski definition) is 2. The van der Waals surface area contributed by atoms with E-state index in [1.807, 2.05) is 25.1 Å². The van der Waals surface area contributed by atoms with E-state index >= 15 is 0 Å². The number of Topliss-reactive ketones (excluding diaryl/α,β-unsaturated/α-hetero) is 1. The fourth-order valence-electron chi connectivity index (χ4n) is 1.22. The molecular weight excluding hydrogens is 210 g/mol. The second-order valence-electron chi connectivity index (χ2n) is 3.17. The molecular formula is C12H14ClNO. The Morgan fingerprint density at radius 2 is 2.13 bits per heavy atom. The van der Waals surface area contributed by atoms with Gasteiger partial charge < -0.3 is 5.32 Å². The molecule has 0 saturated carbocycles. The van der Waals surface area contributed by atoms with Gasteiger partial charge in [0.2, 0.25) is 0 Å². The molecule has 0 heterocycles. The van der Waals surface area contributed by atoms with Crippen molar-refractivity contribution in [2.75, 3.05) is 6.54 Å². The average Bonchev–Trinajstić information content (AvgIpc) is 2.20. The van der Waals surface area contributed by atoms with Crippen LogP contribution in [0.1, 0.15) is 19.4 Å². The number of carbonyl (C=O) groups is 1. The third-order valence-electron chi connectivity index (χ3n) is 1.95. The maximum absolute atomic E-state index is 11.3. The fraction of sp³-hybridized carbons (Fsp3) is 0.250. The fourth-order valence-corrected chi connectivity index (χ4v) is 1.41. The zero-order valence-corrected chi connectivity index (χ0v) is 9.64. The maximum atomic E-state index is 11.3. The van der Waals surface area contributed by atoms with Crippen LogP contribution in [0.25, 0.3) is 6.08 Å². The molecule has 1 N–H and O–H groups in total. The first-order valence-electron chi connectivity index (χ1n) is 4.86. The summed E-state index contributed by atoms with van der Waals surface area (Å²) in [7, 11) is 0. The average molecular weight is 224 g/mol. The lowest BCUT2D eigenvalue weighted by molar-refractivity contribution is -0.113. The number of rotatable bonds is 4. The molecule has 0 atom stereocenters. The smallest absolute Gasteiger partial charge is 0.175 e. The molecule has 0 aliphatic carbocycles. The molecule has 0 spiro atoms. The molecule has 2 nitrogen and oxygen atoms in total. The monoisotopic (exact) mass is 223 g/mol. The molecule has 1 aromatic rings. The Hall–Kier alpha value is -1.28. The first-order chi connectivity index (χ1) is 7.15. The van der Waals surface area contributed by atoms with Crippen LogP contribution in [0.4, 0.5) is 0 Å². The van der Waals surface area contributed by atoms with Gasteiger partial charge in [-0.15, -0.1) is 0 Å². The highest BCUT2D eigenvalue weighted by molar-refractivity contribution is 6.32. The lowest BCUT2D eigenvalue weighted by atomic mass is 10.1. The number of halogens is 1. The molecule has 0 fully saturated rings. The Balaban J connectivity index is 3.02. The molecule has 0 bridgehead atoms. The molecule has 1 rings (SSSR count). The third-order valence-corrected chi connectivity index (χ3v) is 2.30. The van der Waals surface area contributed by atoms with Gasteiger partial charge in [-0.1, -0.05) is 29.8 Å². The Morgan fingerprint density at radius 3 is 2.67 bits per heavy atom. The van der Waals surface area contributed by atoms with Crippen molar-refractivity contribution in [3.63, 3.8) is 0 Å². The molecule has 15 heavy (non-hydrogen) atoms. The summed E-state index contributed by atoms with van der Waals surface area (Å²) in [5.41, 5.74) is 1.44. The highest BCUT2D eigenvalue weighted by atomic mass is 35.5. The molecule has 0 aromatic heterocycles. The van der Waals surface area contributed by atoms with Gasteiger partial charge in [-0.3, -0.25) is 4.79 Å². The van der Waals surface area contributed by atoms with E-state index in [1.165, 1.54) is 6.92 Å². The summed E-state index contributed by atoms with van der Waals surface area (Å²) in [5, 5.41) is 3.66. The Bertz CT molecular complexity index is 385. The van der Waals surface area contributed by atoms with Gasteiger partial charge in [-0.05, 0) is 24.6 Å². The number of ketones is 1. The van der Waals surface area contributed by atoms with Gasteiger partial charge in [0.15, 0.2) is 5.78 Å². The van der Waals surface area contributed by atoms with Gasteiger partial charge in [-0.2, -0.15) is 0 Å². The normalized spacial score (nSPS) is 11.3. The first-order valence-corrected chi connectivity index (χ1v) is 5.24. The SMILES string of the molecule is CCN/C(=C\c1ccccc1Cl)C(C)=O. The molecule has 0 saturated heterocycles. The molecule has 0 radical (unpaired) electrons. The predicted molar refractivity (Wildman–Crippen MR) is 63.8 cm³/mol. The molecule has 0 aliphatic rings. The summed E-state index contributed by atoms with van der Waals surface area (Å²) < 4.78 is 0. The van der Waals surface area contributed by atoms with Crippen molar-refractivity contribution in [2.24, 2.45) is 0 Å². The van der Waals surface area contributed by atoms with Gasteiger partial charge in [0.1, 0.15) is 0 Å². The lowest BCUT2D eigenvalue weighted by Crippen LogP contribution is -2.17. The first kappa shape index (κ1) is 11.8. The van der Waals surface area contributed by atoms with Crippen LogP contribution < -0.4 is 5.32 Å². The minimum absolute atomic E-state index is 0.0109. The van der Waals surface area contributed by atoms with Crippen molar-refractivity contribution >= 4 is 23.5 Å². The molecule has 80 valence electrons. The third kappa shape index (κ3) is 3.40. The van der Waals surface area contributed by atoms with Gasteiger partial charge in [0, 0.05) is 18.5 Å². The van der Waals surface area contributed by atoms with Crippen LogP contribution in [0, 0.1) is 0 Å². The summed E-state index contributed by atoms with van der Waals surface area (Å²) in [6, 6.07) is 7.43. The van der Waals surface area contributed by atoms with Gasteiger partial charge in [0.25, 0.3) is 0 Å². The van der Waals surface area contributed by atoms with Crippen LogP contribution in [0.2, 0.25) is 5.02 Å². The van der Waals surface area contributed by atoms with Crippen LogP contribution >= 0.6 is 11.6 Å². The van der Waals surface area contributed by atoms with E-state index < -0.39 is 0 Å². The van der Waals surface area contributed by atoms with E-state index in [9.17, 15) is 4.79 Å². The molecule has 0 aliphatic heterocycles. The topological polar surface area (TPSA) is 29.1 Å². The number of carbonyl (C=O) groups excluding carboxylic acids is 1. The van der Waals surface area contributed by atoms with Crippen molar-refractivity contribution < 1.29 is 4.79 Å². The summed E-state index contributed by atoms with van der Waals surface area (Å²) in [4.78, 5) is 11.3. The van der Waals surface area contributed by atoms with E-state index in [1.54, 1.807) is 12.1 Å². The predicted octanol–water partition coefficient (Wildman–Crippen LogP) is 2.88. The highest BCUT2D eigenvalue weighted by Crippen LogP contribution is 2.17. The molecule has 3 heteroatoms. The van der Waals surface area contributed by atoms with E-state index in [2.05, 4.69) is 5.32 Å². The summed E-state index contributed by atoms with van der Waals surface area (Å²) in [5.74, 6) is 0.0109. The van der Waals surface area contributed by atoms with Crippen LogP contribution in [-0.4, -0.2) is 12.3 Å². The molecule has 0 amide bonds. The largest absolute Gasteiger partial charge is 0.382 e. The van der Waals surface area contributed by atoms with Gasteiger partial charge in [-0.25, -0.2) is 0 Å². The van der Waals surface area contributed by atoms with E-state index in [-0.39, 0.29) is 5.78 Å². The molecule has 0 unspecified atom stereocenters. The van der Waals surface area contributed by atoms with Crippen molar-refractivity contribution in [3.8, 4) is 0 Å². The summed E-state index contributed by atoms with van der Waals surface area (Å²) >= 11 is 5.99. The Morgan fingerprint density at radius 1 is 1.47 bits per heavy atom. The Labute approximate surface area is 94.9 Å². The zero-order valence-electron chi connectivity index (χ0n) is 8.88. The van der Waals surface area contributed by atoms with E-state index in [0.717, 1.165) is 12.1 Å². The highest BCUT2D eigenvalue weighted by Gasteiger charge is 2.03. The summed E-state index contributed by atoms with van der Waals surface area (Å²) in [6.07, 6.45) is 1.77. The van der Waals surface area contributed by atoms with Crippen molar-refractivity contribution in [2.45, 2.75) is 13.8 Å². The van der Waals surface area contributed by atoms with Crippen LogP contribution in [0.5, 0.6) is 0 Å². The number of hydrogen-bond donors (Lipinski definition) is 1. The van der Waals surface area contributed by atoms with Crippen LogP contribution in [-0.2, 0) is 4.79 Å². The number of nitrogens with one attached hydrogen (secondary N) is 1. The van der Waals surface area contributed by atoms with E-state index in [4.69, 9.17) is 11.6 Å². The van der Waals surface area contributed by atoms with Gasteiger partial charge >= 0.3 is 0 Å². The number of likely N-dealkylation sites (N-methyl/N-ethyl adjacent to an activating group) is 1. The second-order valence-corrected chi connectivity index (χ2v) is 3.57.